The second kappa shape index (κ2) is 8.17. The van der Waals surface area contributed by atoms with Gasteiger partial charge in [0.15, 0.2) is 5.82 Å². The van der Waals surface area contributed by atoms with Gasteiger partial charge in [-0.3, -0.25) is 9.89 Å². The van der Waals surface area contributed by atoms with Crippen LogP contribution in [0, 0.1) is 5.92 Å². The first-order valence-corrected chi connectivity index (χ1v) is 6.76. The van der Waals surface area contributed by atoms with Crippen molar-refractivity contribution < 1.29 is 4.79 Å². The molecule has 1 saturated carbocycles. The number of amides is 1. The number of carbonyl (C=O) groups is 1. The van der Waals surface area contributed by atoms with Gasteiger partial charge in [-0.05, 0) is 19.4 Å². The van der Waals surface area contributed by atoms with Crippen LogP contribution in [0.3, 0.4) is 0 Å². The Morgan fingerprint density at radius 1 is 1.42 bits per heavy atom. The van der Waals surface area contributed by atoms with E-state index in [0.717, 1.165) is 18.0 Å². The summed E-state index contributed by atoms with van der Waals surface area (Å²) in [5.74, 6) is 1.34. The van der Waals surface area contributed by atoms with E-state index in [-0.39, 0.29) is 18.3 Å². The lowest BCUT2D eigenvalue weighted by atomic mass is 9.86. The number of anilines is 1. The zero-order chi connectivity index (χ0) is 12.8. The summed E-state index contributed by atoms with van der Waals surface area (Å²) in [5, 5.41) is 12.7. The van der Waals surface area contributed by atoms with Crippen LogP contribution < -0.4 is 10.6 Å². The maximum atomic E-state index is 11.4. The summed E-state index contributed by atoms with van der Waals surface area (Å²) in [6.45, 7) is 0.310. The molecule has 1 aliphatic rings. The van der Waals surface area contributed by atoms with Crippen molar-refractivity contribution in [3.8, 4) is 0 Å². The van der Waals surface area contributed by atoms with Crippen molar-refractivity contribution in [3.63, 3.8) is 0 Å². The van der Waals surface area contributed by atoms with Crippen LogP contribution in [0.15, 0.2) is 6.07 Å². The molecule has 108 valence electrons. The van der Waals surface area contributed by atoms with Gasteiger partial charge in [0.05, 0.1) is 6.54 Å². The lowest BCUT2D eigenvalue weighted by Gasteiger charge is -2.20. The van der Waals surface area contributed by atoms with Crippen LogP contribution in [0.1, 0.15) is 37.8 Å². The van der Waals surface area contributed by atoms with E-state index < -0.39 is 0 Å². The molecular formula is C13H23ClN4O. The Labute approximate surface area is 120 Å². The van der Waals surface area contributed by atoms with Crippen LogP contribution in [0.5, 0.6) is 0 Å². The Hall–Kier alpha value is -1.07. The van der Waals surface area contributed by atoms with E-state index in [1.54, 1.807) is 7.05 Å². The fourth-order valence-electron chi connectivity index (χ4n) is 2.58. The van der Waals surface area contributed by atoms with Crippen molar-refractivity contribution in [2.24, 2.45) is 5.92 Å². The molecule has 0 aliphatic heterocycles. The highest BCUT2D eigenvalue weighted by Crippen LogP contribution is 2.26. The minimum absolute atomic E-state index is 0. The van der Waals surface area contributed by atoms with Crippen LogP contribution in [0.25, 0.3) is 0 Å². The number of likely N-dealkylation sites (N-methyl/N-ethyl adjacent to an activating group) is 1. The Balaban J connectivity index is 0.00000180. The average molecular weight is 287 g/mol. The summed E-state index contributed by atoms with van der Waals surface area (Å²) < 4.78 is 0. The van der Waals surface area contributed by atoms with Gasteiger partial charge in [0, 0.05) is 11.8 Å². The maximum absolute atomic E-state index is 11.4. The van der Waals surface area contributed by atoms with Gasteiger partial charge in [-0.15, -0.1) is 12.4 Å². The number of nitrogens with one attached hydrogen (secondary N) is 3. The normalized spacial score (nSPS) is 15.8. The third kappa shape index (κ3) is 5.20. The smallest absolute Gasteiger partial charge is 0.239 e. The van der Waals surface area contributed by atoms with E-state index in [1.165, 1.54) is 32.1 Å². The largest absolute Gasteiger partial charge is 0.311 e. The number of aromatic amines is 1. The third-order valence-electron chi connectivity index (χ3n) is 3.47. The number of carbonyl (C=O) groups excluding carboxylic acids is 1. The molecule has 1 fully saturated rings. The first kappa shape index (κ1) is 16.0. The van der Waals surface area contributed by atoms with Gasteiger partial charge in [-0.1, -0.05) is 32.1 Å². The van der Waals surface area contributed by atoms with E-state index in [0.29, 0.717) is 12.4 Å². The molecular weight excluding hydrogens is 264 g/mol. The average Bonchev–Trinajstić information content (AvgIpc) is 2.78. The van der Waals surface area contributed by atoms with Crippen molar-refractivity contribution in [2.45, 2.75) is 38.5 Å². The number of H-pyrrole nitrogens is 1. The Bertz CT molecular complexity index is 388. The minimum Gasteiger partial charge on any atom is -0.311 e. The second-order valence-electron chi connectivity index (χ2n) is 5.07. The molecule has 1 amide bonds. The molecule has 2 rings (SSSR count). The molecule has 0 unspecified atom stereocenters. The number of nitrogens with zero attached hydrogens (tertiary/aromatic N) is 1. The van der Waals surface area contributed by atoms with Gasteiger partial charge in [-0.2, -0.15) is 5.10 Å². The zero-order valence-electron chi connectivity index (χ0n) is 11.4. The van der Waals surface area contributed by atoms with Gasteiger partial charge in [-0.25, -0.2) is 0 Å². The van der Waals surface area contributed by atoms with Gasteiger partial charge in [0.2, 0.25) is 5.91 Å². The minimum atomic E-state index is -0.0618. The zero-order valence-corrected chi connectivity index (χ0v) is 12.2. The van der Waals surface area contributed by atoms with Crippen LogP contribution in [-0.4, -0.2) is 29.7 Å². The van der Waals surface area contributed by atoms with E-state index in [4.69, 9.17) is 0 Å². The predicted octanol–water partition coefficient (Wildman–Crippen LogP) is 2.11. The van der Waals surface area contributed by atoms with E-state index in [9.17, 15) is 4.79 Å². The van der Waals surface area contributed by atoms with Gasteiger partial charge in [0.1, 0.15) is 0 Å². The van der Waals surface area contributed by atoms with Crippen molar-refractivity contribution in [3.05, 3.63) is 11.8 Å². The molecule has 1 aromatic rings. The molecule has 0 bridgehead atoms. The highest BCUT2D eigenvalue weighted by Gasteiger charge is 2.15. The van der Waals surface area contributed by atoms with Gasteiger partial charge in [0.25, 0.3) is 0 Å². The van der Waals surface area contributed by atoms with Crippen molar-refractivity contribution >= 4 is 24.1 Å². The van der Waals surface area contributed by atoms with Crippen LogP contribution in [0.2, 0.25) is 0 Å². The van der Waals surface area contributed by atoms with Crippen molar-refractivity contribution in [1.29, 1.82) is 0 Å². The first-order chi connectivity index (χ1) is 8.78. The molecule has 0 aromatic carbocycles. The summed E-state index contributed by atoms with van der Waals surface area (Å²) >= 11 is 0. The monoisotopic (exact) mass is 286 g/mol. The van der Waals surface area contributed by atoms with E-state index in [2.05, 4.69) is 20.8 Å². The summed E-state index contributed by atoms with van der Waals surface area (Å²) in [4.78, 5) is 11.4. The highest BCUT2D eigenvalue weighted by molar-refractivity contribution is 5.91. The summed E-state index contributed by atoms with van der Waals surface area (Å²) in [6.07, 6.45) is 7.77. The molecule has 1 aliphatic carbocycles. The number of hydrogen-bond donors (Lipinski definition) is 3. The van der Waals surface area contributed by atoms with E-state index >= 15 is 0 Å². The third-order valence-corrected chi connectivity index (χ3v) is 3.47. The molecule has 3 N–H and O–H groups in total. The molecule has 1 aromatic heterocycles. The first-order valence-electron chi connectivity index (χ1n) is 6.76. The Kier molecular flexibility index (Phi) is 6.87. The van der Waals surface area contributed by atoms with Crippen LogP contribution in [-0.2, 0) is 11.2 Å². The van der Waals surface area contributed by atoms with Crippen LogP contribution in [0.4, 0.5) is 5.82 Å². The Morgan fingerprint density at radius 3 is 2.84 bits per heavy atom. The van der Waals surface area contributed by atoms with Crippen molar-refractivity contribution in [1.82, 2.24) is 15.5 Å². The maximum Gasteiger partial charge on any atom is 0.239 e. The molecule has 0 spiro atoms. The van der Waals surface area contributed by atoms with Gasteiger partial charge < -0.3 is 10.6 Å². The molecule has 0 radical (unpaired) electrons. The topological polar surface area (TPSA) is 69.8 Å². The summed E-state index contributed by atoms with van der Waals surface area (Å²) in [7, 11) is 1.75. The van der Waals surface area contributed by atoms with Crippen LogP contribution >= 0.6 is 12.4 Å². The standard InChI is InChI=1S/C13H22N4O.ClH/c1-14-9-13(18)15-12-8-11(16-17-12)7-10-5-3-2-4-6-10;/h8,10,14H,2-7,9H2,1H3,(H2,15,16,17,18);1H. The van der Waals surface area contributed by atoms with Crippen molar-refractivity contribution in [2.75, 3.05) is 18.9 Å². The SMILES string of the molecule is CNCC(=O)Nc1cc(CC2CCCCC2)[nH]n1.Cl. The lowest BCUT2D eigenvalue weighted by Crippen LogP contribution is -2.25. The molecule has 19 heavy (non-hydrogen) atoms. The van der Waals surface area contributed by atoms with Gasteiger partial charge >= 0.3 is 0 Å². The highest BCUT2D eigenvalue weighted by atomic mass is 35.5. The molecule has 0 saturated heterocycles. The number of rotatable bonds is 5. The fraction of sp³-hybridized carbons (Fsp3) is 0.692. The molecule has 1 heterocycles. The number of hydrogen-bond acceptors (Lipinski definition) is 3. The summed E-state index contributed by atoms with van der Waals surface area (Å²) in [6, 6.07) is 1.95. The lowest BCUT2D eigenvalue weighted by molar-refractivity contribution is -0.115. The second-order valence-corrected chi connectivity index (χ2v) is 5.07. The quantitative estimate of drug-likeness (QED) is 0.776. The number of halogens is 1. The molecule has 5 nitrogen and oxygen atoms in total. The molecule has 6 heteroatoms. The summed E-state index contributed by atoms with van der Waals surface area (Å²) in [5.41, 5.74) is 1.13. The molecule has 0 atom stereocenters. The Morgan fingerprint density at radius 2 is 2.16 bits per heavy atom. The number of aromatic nitrogens is 2. The predicted molar refractivity (Wildman–Crippen MR) is 78.7 cm³/mol. The fourth-order valence-corrected chi connectivity index (χ4v) is 2.58. The van der Waals surface area contributed by atoms with E-state index in [1.807, 2.05) is 6.07 Å².